The molecule has 0 saturated carbocycles. The van der Waals surface area contributed by atoms with Gasteiger partial charge in [-0.15, -0.1) is 0 Å². The molecule has 0 bridgehead atoms. The van der Waals surface area contributed by atoms with Crippen LogP contribution < -0.4 is 15.6 Å². The van der Waals surface area contributed by atoms with E-state index in [-0.39, 0.29) is 0 Å². The highest BCUT2D eigenvalue weighted by Crippen LogP contribution is 2.15. The molecule has 0 aliphatic heterocycles. The number of hydrogen-bond acceptors (Lipinski definition) is 3. The third-order valence-corrected chi connectivity index (χ3v) is 3.72. The maximum Gasteiger partial charge on any atom is 0.286 e. The van der Waals surface area contributed by atoms with E-state index in [1.165, 1.54) is 0 Å². The van der Waals surface area contributed by atoms with E-state index < -0.39 is 11.8 Å². The Balaban J connectivity index is 1.57. The molecule has 0 aliphatic rings. The molecule has 0 saturated heterocycles. The van der Waals surface area contributed by atoms with Crippen molar-refractivity contribution < 1.29 is 14.3 Å². The van der Waals surface area contributed by atoms with E-state index in [9.17, 15) is 9.59 Å². The summed E-state index contributed by atoms with van der Waals surface area (Å²) in [6.45, 7) is 2.44. The van der Waals surface area contributed by atoms with E-state index in [1.807, 2.05) is 31.2 Å². The maximum atomic E-state index is 12.2. The second-order valence-corrected chi connectivity index (χ2v) is 5.80. The summed E-state index contributed by atoms with van der Waals surface area (Å²) < 4.78 is 5.75. The zero-order chi connectivity index (χ0) is 18.4. The van der Waals surface area contributed by atoms with Gasteiger partial charge in [0.05, 0.1) is 0 Å². The summed E-state index contributed by atoms with van der Waals surface area (Å²) in [5.74, 6) is -0.268. The van der Waals surface area contributed by atoms with Crippen molar-refractivity contribution in [3.05, 3.63) is 89.2 Å². The number of ether oxygens (including phenoxy) is 1. The zero-order valence-electron chi connectivity index (χ0n) is 14.3. The Morgan fingerprint density at radius 3 is 2.54 bits per heavy atom. The van der Waals surface area contributed by atoms with Crippen molar-refractivity contribution in [3.63, 3.8) is 0 Å². The lowest BCUT2D eigenvalue weighted by molar-refractivity contribution is 0.0844. The van der Waals surface area contributed by atoms with Crippen LogP contribution in [0.2, 0.25) is 0 Å². The smallest absolute Gasteiger partial charge is 0.286 e. The molecule has 3 rings (SSSR count). The van der Waals surface area contributed by atoms with Gasteiger partial charge in [-0.25, -0.2) is 0 Å². The number of benzene rings is 2. The summed E-state index contributed by atoms with van der Waals surface area (Å²) in [6.07, 6.45) is 1.63. The van der Waals surface area contributed by atoms with E-state index >= 15 is 0 Å². The largest absolute Gasteiger partial charge is 0.489 e. The van der Waals surface area contributed by atoms with Gasteiger partial charge in [0.1, 0.15) is 18.1 Å². The molecule has 6 heteroatoms. The van der Waals surface area contributed by atoms with Crippen molar-refractivity contribution in [2.45, 2.75) is 13.5 Å². The standard InChI is InChI=1S/C20H19N3O3/c1-14-5-2-6-15(11-14)13-26-17-8-3-7-16(12-17)19(24)22-23-20(25)18-9-4-10-21-18/h2-12,21H,13H2,1H3,(H,22,24)(H,23,25). The molecule has 0 radical (unpaired) electrons. The molecule has 0 fully saturated rings. The fourth-order valence-corrected chi connectivity index (χ4v) is 2.42. The van der Waals surface area contributed by atoms with Crippen molar-refractivity contribution in [3.8, 4) is 5.75 Å². The summed E-state index contributed by atoms with van der Waals surface area (Å²) in [7, 11) is 0. The molecule has 2 amide bonds. The van der Waals surface area contributed by atoms with E-state index in [4.69, 9.17) is 4.74 Å². The number of H-pyrrole nitrogens is 1. The second kappa shape index (κ2) is 8.02. The molecule has 0 spiro atoms. The first-order valence-electron chi connectivity index (χ1n) is 8.14. The fraction of sp³-hybridized carbons (Fsp3) is 0.100. The van der Waals surface area contributed by atoms with Gasteiger partial charge >= 0.3 is 0 Å². The third kappa shape index (κ3) is 4.51. The second-order valence-electron chi connectivity index (χ2n) is 5.80. The Morgan fingerprint density at radius 2 is 1.77 bits per heavy atom. The van der Waals surface area contributed by atoms with E-state index in [2.05, 4.69) is 15.8 Å². The van der Waals surface area contributed by atoms with Crippen molar-refractivity contribution in [2.75, 3.05) is 0 Å². The van der Waals surface area contributed by atoms with Crippen LogP contribution in [0.3, 0.4) is 0 Å². The van der Waals surface area contributed by atoms with Gasteiger partial charge in [-0.05, 0) is 42.8 Å². The first-order chi connectivity index (χ1) is 12.6. The number of aromatic amines is 1. The topological polar surface area (TPSA) is 83.2 Å². The monoisotopic (exact) mass is 349 g/mol. The summed E-state index contributed by atoms with van der Waals surface area (Å²) in [6, 6.07) is 18.1. The van der Waals surface area contributed by atoms with Crippen LogP contribution >= 0.6 is 0 Å². The molecule has 0 unspecified atom stereocenters. The normalized spacial score (nSPS) is 10.2. The van der Waals surface area contributed by atoms with E-state index in [0.29, 0.717) is 23.6 Å². The van der Waals surface area contributed by atoms with Gasteiger partial charge in [-0.1, -0.05) is 35.9 Å². The first-order valence-corrected chi connectivity index (χ1v) is 8.14. The Labute approximate surface area is 151 Å². The number of aryl methyl sites for hydroxylation is 1. The average molecular weight is 349 g/mol. The third-order valence-electron chi connectivity index (χ3n) is 3.72. The number of carbonyl (C=O) groups is 2. The Hall–Kier alpha value is -3.54. The average Bonchev–Trinajstić information content (AvgIpc) is 3.19. The molecule has 0 atom stereocenters. The summed E-state index contributed by atoms with van der Waals surface area (Å²) >= 11 is 0. The minimum absolute atomic E-state index is 0.362. The lowest BCUT2D eigenvalue weighted by atomic mass is 10.1. The Morgan fingerprint density at radius 1 is 0.962 bits per heavy atom. The minimum atomic E-state index is -0.425. The maximum absolute atomic E-state index is 12.2. The summed E-state index contributed by atoms with van der Waals surface area (Å²) in [5, 5.41) is 0. The van der Waals surface area contributed by atoms with Crippen LogP contribution in [-0.2, 0) is 6.61 Å². The van der Waals surface area contributed by atoms with Crippen LogP contribution in [0.4, 0.5) is 0 Å². The van der Waals surface area contributed by atoms with Gasteiger partial charge in [-0.3, -0.25) is 20.4 Å². The highest BCUT2D eigenvalue weighted by atomic mass is 16.5. The molecule has 1 heterocycles. The van der Waals surface area contributed by atoms with Crippen LogP contribution in [0.5, 0.6) is 5.75 Å². The molecule has 26 heavy (non-hydrogen) atoms. The number of aromatic nitrogens is 1. The van der Waals surface area contributed by atoms with Gasteiger partial charge in [0.2, 0.25) is 0 Å². The van der Waals surface area contributed by atoms with Crippen LogP contribution in [0, 0.1) is 6.92 Å². The van der Waals surface area contributed by atoms with Gasteiger partial charge < -0.3 is 9.72 Å². The van der Waals surface area contributed by atoms with Gasteiger partial charge in [0.25, 0.3) is 11.8 Å². The predicted octanol–water partition coefficient (Wildman–Crippen LogP) is 2.98. The van der Waals surface area contributed by atoms with Crippen molar-refractivity contribution >= 4 is 11.8 Å². The predicted molar refractivity (Wildman–Crippen MR) is 97.7 cm³/mol. The Kier molecular flexibility index (Phi) is 5.34. The van der Waals surface area contributed by atoms with Crippen molar-refractivity contribution in [1.82, 2.24) is 15.8 Å². The van der Waals surface area contributed by atoms with Gasteiger partial charge in [0.15, 0.2) is 0 Å². The number of nitrogens with one attached hydrogen (secondary N) is 3. The molecule has 132 valence electrons. The number of hydrazine groups is 1. The van der Waals surface area contributed by atoms with E-state index in [0.717, 1.165) is 11.1 Å². The molecule has 3 aromatic rings. The molecule has 6 nitrogen and oxygen atoms in total. The van der Waals surface area contributed by atoms with Crippen LogP contribution in [0.1, 0.15) is 32.0 Å². The Bertz CT molecular complexity index is 904. The van der Waals surface area contributed by atoms with Gasteiger partial charge in [-0.2, -0.15) is 0 Å². The summed E-state index contributed by atoms with van der Waals surface area (Å²) in [5.41, 5.74) is 7.70. The molecule has 1 aromatic heterocycles. The zero-order valence-corrected chi connectivity index (χ0v) is 14.3. The molecule has 0 aliphatic carbocycles. The van der Waals surface area contributed by atoms with Crippen LogP contribution in [-0.4, -0.2) is 16.8 Å². The number of hydrogen-bond donors (Lipinski definition) is 3. The minimum Gasteiger partial charge on any atom is -0.489 e. The molecular formula is C20H19N3O3. The SMILES string of the molecule is Cc1cccc(COc2cccc(C(=O)NNC(=O)c3ccc[nH]3)c2)c1. The highest BCUT2D eigenvalue weighted by Gasteiger charge is 2.10. The van der Waals surface area contributed by atoms with Crippen molar-refractivity contribution in [2.24, 2.45) is 0 Å². The quantitative estimate of drug-likeness (QED) is 0.619. The molecule has 2 aromatic carbocycles. The van der Waals surface area contributed by atoms with Crippen LogP contribution in [0.25, 0.3) is 0 Å². The lowest BCUT2D eigenvalue weighted by Crippen LogP contribution is -2.41. The van der Waals surface area contributed by atoms with E-state index in [1.54, 1.807) is 42.6 Å². The molecule has 3 N–H and O–H groups in total. The first kappa shape index (κ1) is 17.3. The number of carbonyl (C=O) groups excluding carboxylic acids is 2. The van der Waals surface area contributed by atoms with Crippen LogP contribution in [0.15, 0.2) is 66.9 Å². The fourth-order valence-electron chi connectivity index (χ4n) is 2.42. The molecular weight excluding hydrogens is 330 g/mol. The van der Waals surface area contributed by atoms with Crippen molar-refractivity contribution in [1.29, 1.82) is 0 Å². The number of amides is 2. The number of rotatable bonds is 5. The summed E-state index contributed by atoms with van der Waals surface area (Å²) in [4.78, 5) is 26.8. The lowest BCUT2D eigenvalue weighted by Gasteiger charge is -2.10. The highest BCUT2D eigenvalue weighted by molar-refractivity contribution is 5.98. The van der Waals surface area contributed by atoms with Gasteiger partial charge in [0, 0.05) is 11.8 Å².